The van der Waals surface area contributed by atoms with Gasteiger partial charge in [0.25, 0.3) is 7.82 Å². The van der Waals surface area contributed by atoms with Crippen molar-refractivity contribution < 1.29 is 37.3 Å². The summed E-state index contributed by atoms with van der Waals surface area (Å²) < 4.78 is 34.8. The first-order valence-corrected chi connectivity index (χ1v) is 28.8. The van der Waals surface area contributed by atoms with E-state index in [0.717, 1.165) is 70.6 Å². The molecule has 2 atom stereocenters. The summed E-state index contributed by atoms with van der Waals surface area (Å²) in [7, 11) is 1.33. The van der Waals surface area contributed by atoms with Crippen LogP contribution in [0.2, 0.25) is 0 Å². The predicted octanol–water partition coefficient (Wildman–Crippen LogP) is 16.5. The van der Waals surface area contributed by atoms with Crippen molar-refractivity contribution in [3.05, 3.63) is 85.1 Å². The van der Waals surface area contributed by atoms with Gasteiger partial charge in [0.15, 0.2) is 0 Å². The molecule has 0 saturated heterocycles. The summed E-state index contributed by atoms with van der Waals surface area (Å²) in [6, 6.07) is 0. The van der Waals surface area contributed by atoms with E-state index in [9.17, 15) is 14.3 Å². The summed E-state index contributed by atoms with van der Waals surface area (Å²) >= 11 is 0. The molecule has 0 rings (SSSR count). The standard InChI is InChI=1S/C58H104NO7P/c1-6-8-10-12-14-16-18-20-22-24-26-27-28-29-30-31-32-34-36-38-40-42-44-46-48-50-53-63-55-57(56-65-67(61,62)64-54-52-59(3,4)5)66-58(60)51-49-47-45-43-41-39-37-35-33-25-23-21-19-17-15-13-11-9-7-2/h9,11,15,17-18,20-21,23-24,26,33,35,39,41,57H,6-8,10,12-14,16,19,22,25,27-32,34,36-38,40,42-56H2,1-5H3/b11-9-,17-15-,20-18-,23-21-,26-24-,35-33-,41-39-. The Morgan fingerprint density at radius 3 is 1.30 bits per heavy atom. The summed E-state index contributed by atoms with van der Waals surface area (Å²) in [5.74, 6) is -0.366. The SMILES string of the molecule is CC/C=C\C/C=C\C/C=C\C/C=C\C/C=C\CCCCCC(=O)OC(COCCCCCCCCCCCCCCCC/C=C\C/C=C\CCCCCCC)COP(=O)([O-])OCC[N+](C)(C)C. The fraction of sp³-hybridized carbons (Fsp3) is 0.741. The molecule has 0 aliphatic rings. The van der Waals surface area contributed by atoms with Crippen molar-refractivity contribution in [3.8, 4) is 0 Å². The molecule has 9 heteroatoms. The Hall–Kier alpha value is -2.32. The smallest absolute Gasteiger partial charge is 0.306 e. The zero-order chi connectivity index (χ0) is 49.0. The zero-order valence-electron chi connectivity index (χ0n) is 44.1. The van der Waals surface area contributed by atoms with Gasteiger partial charge in [0.1, 0.15) is 19.3 Å². The number of esters is 1. The highest BCUT2D eigenvalue weighted by atomic mass is 31.2. The maximum absolute atomic E-state index is 12.8. The normalized spacial score (nSPS) is 14.2. The molecule has 0 radical (unpaired) electrons. The Balaban J connectivity index is 4.14. The summed E-state index contributed by atoms with van der Waals surface area (Å²) in [4.78, 5) is 25.2. The minimum absolute atomic E-state index is 0.0155. The fourth-order valence-corrected chi connectivity index (χ4v) is 7.98. The Morgan fingerprint density at radius 1 is 0.478 bits per heavy atom. The lowest BCUT2D eigenvalue weighted by Gasteiger charge is -2.28. The molecule has 0 amide bonds. The number of hydrogen-bond acceptors (Lipinski definition) is 7. The lowest BCUT2D eigenvalue weighted by atomic mass is 10.0. The number of carbonyl (C=O) groups excluding carboxylic acids is 1. The quantitative estimate of drug-likeness (QED) is 0.0197. The van der Waals surface area contributed by atoms with Gasteiger partial charge in [-0.1, -0.05) is 208 Å². The highest BCUT2D eigenvalue weighted by Crippen LogP contribution is 2.38. The first-order valence-electron chi connectivity index (χ1n) is 27.3. The van der Waals surface area contributed by atoms with Crippen molar-refractivity contribution in [2.75, 3.05) is 54.1 Å². The van der Waals surface area contributed by atoms with Crippen LogP contribution in [-0.2, 0) is 27.9 Å². The molecule has 0 heterocycles. The Bertz CT molecular complexity index is 1340. The summed E-state index contributed by atoms with van der Waals surface area (Å²) in [6.07, 6.45) is 67.6. The van der Waals surface area contributed by atoms with E-state index in [1.807, 2.05) is 21.1 Å². The molecule has 0 spiro atoms. The van der Waals surface area contributed by atoms with E-state index in [0.29, 0.717) is 24.1 Å². The topological polar surface area (TPSA) is 94.1 Å². The van der Waals surface area contributed by atoms with Crippen molar-refractivity contribution in [2.24, 2.45) is 0 Å². The van der Waals surface area contributed by atoms with E-state index < -0.39 is 13.9 Å². The number of unbranched alkanes of at least 4 members (excludes halogenated alkanes) is 22. The van der Waals surface area contributed by atoms with Gasteiger partial charge in [0.2, 0.25) is 0 Å². The molecule has 0 N–H and O–H groups in total. The number of likely N-dealkylation sites (N-methyl/N-ethyl adjacent to an activating group) is 1. The van der Waals surface area contributed by atoms with Crippen LogP contribution < -0.4 is 4.89 Å². The number of quaternary nitrogens is 1. The van der Waals surface area contributed by atoms with Gasteiger partial charge < -0.3 is 27.9 Å². The van der Waals surface area contributed by atoms with Crippen LogP contribution in [0.15, 0.2) is 85.1 Å². The van der Waals surface area contributed by atoms with Gasteiger partial charge >= 0.3 is 5.97 Å². The minimum Gasteiger partial charge on any atom is -0.756 e. The molecule has 0 saturated carbocycles. The van der Waals surface area contributed by atoms with Crippen LogP contribution in [-0.4, -0.2) is 70.7 Å². The third kappa shape index (κ3) is 54.5. The van der Waals surface area contributed by atoms with Crippen molar-refractivity contribution in [1.82, 2.24) is 0 Å². The van der Waals surface area contributed by atoms with E-state index in [-0.39, 0.29) is 32.2 Å². The first-order chi connectivity index (χ1) is 32.6. The lowest BCUT2D eigenvalue weighted by Crippen LogP contribution is -2.37. The molecule has 0 bridgehead atoms. The number of nitrogens with zero attached hydrogens (tertiary/aromatic N) is 1. The van der Waals surface area contributed by atoms with Gasteiger partial charge in [0.05, 0.1) is 34.4 Å². The Morgan fingerprint density at radius 2 is 0.866 bits per heavy atom. The fourth-order valence-electron chi connectivity index (χ4n) is 7.25. The molecule has 0 aliphatic heterocycles. The third-order valence-corrected chi connectivity index (χ3v) is 12.4. The average molecular weight is 958 g/mol. The number of rotatable bonds is 50. The van der Waals surface area contributed by atoms with Crippen LogP contribution in [0.4, 0.5) is 0 Å². The summed E-state index contributed by atoms with van der Waals surface area (Å²) in [5.41, 5.74) is 0. The Labute approximate surface area is 414 Å². The molecule has 0 aromatic rings. The molecule has 0 aliphatic carbocycles. The lowest BCUT2D eigenvalue weighted by molar-refractivity contribution is -0.870. The highest BCUT2D eigenvalue weighted by Gasteiger charge is 2.20. The predicted molar refractivity (Wildman–Crippen MR) is 286 cm³/mol. The molecule has 0 aromatic carbocycles. The second-order valence-electron chi connectivity index (χ2n) is 19.2. The van der Waals surface area contributed by atoms with E-state index in [2.05, 4.69) is 98.9 Å². The van der Waals surface area contributed by atoms with E-state index in [1.165, 1.54) is 122 Å². The van der Waals surface area contributed by atoms with Gasteiger partial charge in [-0.25, -0.2) is 0 Å². The number of allylic oxidation sites excluding steroid dienone is 14. The van der Waals surface area contributed by atoms with Gasteiger partial charge in [-0.2, -0.15) is 0 Å². The first kappa shape index (κ1) is 64.7. The monoisotopic (exact) mass is 958 g/mol. The summed E-state index contributed by atoms with van der Waals surface area (Å²) in [6.45, 7) is 5.25. The maximum Gasteiger partial charge on any atom is 0.306 e. The number of ether oxygens (including phenoxy) is 2. The van der Waals surface area contributed by atoms with Gasteiger partial charge in [0, 0.05) is 13.0 Å². The number of phosphoric ester groups is 1. The molecule has 0 fully saturated rings. The van der Waals surface area contributed by atoms with E-state index >= 15 is 0 Å². The largest absolute Gasteiger partial charge is 0.756 e. The van der Waals surface area contributed by atoms with Crippen molar-refractivity contribution in [1.29, 1.82) is 0 Å². The van der Waals surface area contributed by atoms with Crippen LogP contribution in [0, 0.1) is 0 Å². The van der Waals surface area contributed by atoms with E-state index in [4.69, 9.17) is 18.5 Å². The van der Waals surface area contributed by atoms with E-state index in [1.54, 1.807) is 0 Å². The van der Waals surface area contributed by atoms with Crippen LogP contribution in [0.5, 0.6) is 0 Å². The minimum atomic E-state index is -4.55. The zero-order valence-corrected chi connectivity index (χ0v) is 45.0. The van der Waals surface area contributed by atoms with Gasteiger partial charge in [-0.15, -0.1) is 0 Å². The molecule has 2 unspecified atom stereocenters. The van der Waals surface area contributed by atoms with Crippen LogP contribution in [0.25, 0.3) is 0 Å². The van der Waals surface area contributed by atoms with Crippen LogP contribution in [0.3, 0.4) is 0 Å². The molecular weight excluding hydrogens is 854 g/mol. The second kappa shape index (κ2) is 50.1. The number of carbonyl (C=O) groups is 1. The highest BCUT2D eigenvalue weighted by molar-refractivity contribution is 7.45. The third-order valence-electron chi connectivity index (χ3n) is 11.4. The maximum atomic E-state index is 12.8. The second-order valence-corrected chi connectivity index (χ2v) is 20.6. The molecular formula is C58H104NO7P. The molecule has 67 heavy (non-hydrogen) atoms. The van der Waals surface area contributed by atoms with Gasteiger partial charge in [-0.3, -0.25) is 9.36 Å². The summed E-state index contributed by atoms with van der Waals surface area (Å²) in [5, 5.41) is 0. The van der Waals surface area contributed by atoms with Crippen molar-refractivity contribution >= 4 is 13.8 Å². The van der Waals surface area contributed by atoms with Gasteiger partial charge in [-0.05, 0) is 89.9 Å². The Kier molecular flexibility index (Phi) is 48.3. The number of hydrogen-bond donors (Lipinski definition) is 0. The molecule has 388 valence electrons. The molecule has 0 aromatic heterocycles. The van der Waals surface area contributed by atoms with Crippen LogP contribution in [0.1, 0.15) is 219 Å². The van der Waals surface area contributed by atoms with Crippen molar-refractivity contribution in [3.63, 3.8) is 0 Å². The molecule has 8 nitrogen and oxygen atoms in total. The number of phosphoric acid groups is 1. The average Bonchev–Trinajstić information content (AvgIpc) is 3.29. The van der Waals surface area contributed by atoms with Crippen molar-refractivity contribution in [2.45, 2.75) is 225 Å². The van der Waals surface area contributed by atoms with Crippen LogP contribution >= 0.6 is 7.82 Å².